The van der Waals surface area contributed by atoms with Crippen LogP contribution in [0.3, 0.4) is 0 Å². The molecule has 0 aliphatic carbocycles. The van der Waals surface area contributed by atoms with Crippen molar-refractivity contribution in [3.05, 3.63) is 63.9 Å². The Hall–Kier alpha value is -3.47. The topological polar surface area (TPSA) is 109 Å². The highest BCUT2D eigenvalue weighted by molar-refractivity contribution is 5.99. The lowest BCUT2D eigenvalue weighted by molar-refractivity contribution is -0.136. The standard InChI is InChI=1S/C27H31N5O5/c33-24-9-8-22(26(34)28-24)32-27(35)21-2-1-3-23(25(21)29-32)37-17-19-6-4-18(5-7-19)14-30-15-20(16-30)31-10-12-36-13-11-31/h1-7,20,22,29H,8-17H2,(H,28,33,34). The molecule has 1 aromatic heterocycles. The van der Waals surface area contributed by atoms with Crippen molar-refractivity contribution in [2.24, 2.45) is 0 Å². The molecule has 10 heteroatoms. The van der Waals surface area contributed by atoms with Crippen molar-refractivity contribution in [1.82, 2.24) is 24.9 Å². The van der Waals surface area contributed by atoms with E-state index in [0.717, 1.165) is 51.5 Å². The van der Waals surface area contributed by atoms with E-state index in [1.807, 2.05) is 0 Å². The van der Waals surface area contributed by atoms with Gasteiger partial charge in [-0.3, -0.25) is 34.6 Å². The van der Waals surface area contributed by atoms with E-state index in [-0.39, 0.29) is 24.3 Å². The number of carbonyl (C=O) groups is 2. The van der Waals surface area contributed by atoms with Crippen molar-refractivity contribution in [2.75, 3.05) is 39.4 Å². The van der Waals surface area contributed by atoms with Crippen molar-refractivity contribution < 1.29 is 19.1 Å². The molecule has 0 bridgehead atoms. The van der Waals surface area contributed by atoms with Crippen molar-refractivity contribution >= 4 is 22.7 Å². The normalized spacial score (nSPS) is 21.7. The Morgan fingerprint density at radius 1 is 0.973 bits per heavy atom. The average molecular weight is 506 g/mol. The van der Waals surface area contributed by atoms with Crippen LogP contribution in [-0.4, -0.2) is 76.8 Å². The Kier molecular flexibility index (Phi) is 6.54. The molecule has 0 saturated carbocycles. The maximum absolute atomic E-state index is 12.9. The van der Waals surface area contributed by atoms with Crippen LogP contribution in [0.1, 0.15) is 30.0 Å². The Labute approximate surface area is 214 Å². The van der Waals surface area contributed by atoms with Gasteiger partial charge in [-0.1, -0.05) is 30.3 Å². The minimum Gasteiger partial charge on any atom is -0.487 e. The number of ether oxygens (including phenoxy) is 2. The highest BCUT2D eigenvalue weighted by atomic mass is 16.5. The minimum absolute atomic E-state index is 0.198. The zero-order valence-electron chi connectivity index (χ0n) is 20.7. The average Bonchev–Trinajstić information content (AvgIpc) is 3.22. The molecule has 2 aromatic carbocycles. The van der Waals surface area contributed by atoms with Gasteiger partial charge in [0, 0.05) is 45.2 Å². The lowest BCUT2D eigenvalue weighted by Crippen LogP contribution is -2.60. The van der Waals surface area contributed by atoms with Crippen LogP contribution < -0.4 is 15.6 Å². The second-order valence-electron chi connectivity index (χ2n) is 10.0. The summed E-state index contributed by atoms with van der Waals surface area (Å²) in [6, 6.07) is 13.6. The van der Waals surface area contributed by atoms with Crippen LogP contribution in [0.15, 0.2) is 47.3 Å². The molecule has 2 amide bonds. The van der Waals surface area contributed by atoms with Gasteiger partial charge in [-0.2, -0.15) is 0 Å². The third kappa shape index (κ3) is 4.92. The molecule has 3 aliphatic rings. The lowest BCUT2D eigenvalue weighted by Gasteiger charge is -2.46. The van der Waals surface area contributed by atoms with E-state index in [1.54, 1.807) is 18.2 Å². The number of rotatable bonds is 7. The van der Waals surface area contributed by atoms with E-state index in [0.29, 0.717) is 29.3 Å². The summed E-state index contributed by atoms with van der Waals surface area (Å²) in [7, 11) is 0. The smallest absolute Gasteiger partial charge is 0.275 e. The monoisotopic (exact) mass is 505 g/mol. The van der Waals surface area contributed by atoms with E-state index in [2.05, 4.69) is 44.5 Å². The van der Waals surface area contributed by atoms with E-state index < -0.39 is 11.9 Å². The van der Waals surface area contributed by atoms with Crippen LogP contribution in [-0.2, 0) is 27.5 Å². The summed E-state index contributed by atoms with van der Waals surface area (Å²) in [6.07, 6.45) is 0.481. The van der Waals surface area contributed by atoms with Crippen LogP contribution in [0.4, 0.5) is 0 Å². The van der Waals surface area contributed by atoms with E-state index in [4.69, 9.17) is 9.47 Å². The van der Waals surface area contributed by atoms with Crippen LogP contribution in [0, 0.1) is 0 Å². The first-order valence-corrected chi connectivity index (χ1v) is 12.9. The van der Waals surface area contributed by atoms with Gasteiger partial charge in [0.1, 0.15) is 23.9 Å². The molecular formula is C27H31N5O5. The number of aromatic amines is 1. The largest absolute Gasteiger partial charge is 0.487 e. The zero-order chi connectivity index (χ0) is 25.4. The molecule has 4 heterocycles. The Morgan fingerprint density at radius 2 is 1.73 bits per heavy atom. The summed E-state index contributed by atoms with van der Waals surface area (Å²) in [5.41, 5.74) is 2.54. The van der Waals surface area contributed by atoms with Crippen molar-refractivity contribution in [2.45, 2.75) is 38.1 Å². The summed E-state index contributed by atoms with van der Waals surface area (Å²) < 4.78 is 12.8. The van der Waals surface area contributed by atoms with E-state index >= 15 is 0 Å². The van der Waals surface area contributed by atoms with Crippen LogP contribution in [0.2, 0.25) is 0 Å². The molecule has 6 rings (SSSR count). The number of fused-ring (bicyclic) bond motifs is 1. The number of hydrogen-bond donors (Lipinski definition) is 2. The number of likely N-dealkylation sites (tertiary alicyclic amines) is 1. The maximum Gasteiger partial charge on any atom is 0.275 e. The number of nitrogens with zero attached hydrogens (tertiary/aromatic N) is 3. The first-order valence-electron chi connectivity index (χ1n) is 12.9. The highest BCUT2D eigenvalue weighted by Gasteiger charge is 2.32. The molecule has 1 atom stereocenters. The number of nitrogens with one attached hydrogen (secondary N) is 2. The van der Waals surface area contributed by atoms with Gasteiger partial charge in [-0.15, -0.1) is 0 Å². The number of H-pyrrole nitrogens is 1. The Bertz CT molecular complexity index is 1350. The number of piperidine rings is 1. The van der Waals surface area contributed by atoms with Gasteiger partial charge in [-0.25, -0.2) is 4.68 Å². The van der Waals surface area contributed by atoms with Gasteiger partial charge in [0.25, 0.3) is 11.5 Å². The number of para-hydroxylation sites is 1. The molecule has 3 aromatic rings. The SMILES string of the molecule is O=C1CCC(n2[nH]c3c(OCc4ccc(CN5CC(N6CCOCC6)C5)cc4)cccc3c2=O)C(=O)N1. The molecule has 0 radical (unpaired) electrons. The third-order valence-electron chi connectivity index (χ3n) is 7.55. The first kappa shape index (κ1) is 23.9. The molecule has 3 fully saturated rings. The number of hydrogen-bond acceptors (Lipinski definition) is 7. The van der Waals surface area contributed by atoms with Gasteiger partial charge in [-0.05, 0) is 29.7 Å². The number of imide groups is 1. The summed E-state index contributed by atoms with van der Waals surface area (Å²) in [6.45, 7) is 7.26. The number of carbonyl (C=O) groups excluding carboxylic acids is 2. The number of morpholine rings is 1. The van der Waals surface area contributed by atoms with Gasteiger partial charge in [0.15, 0.2) is 0 Å². The fraction of sp³-hybridized carbons (Fsp3) is 0.444. The van der Waals surface area contributed by atoms with Crippen molar-refractivity contribution in [1.29, 1.82) is 0 Å². The molecule has 194 valence electrons. The van der Waals surface area contributed by atoms with E-state index in [1.165, 1.54) is 10.2 Å². The third-order valence-corrected chi connectivity index (χ3v) is 7.55. The molecule has 37 heavy (non-hydrogen) atoms. The molecule has 1 unspecified atom stereocenters. The second kappa shape index (κ2) is 10.1. The predicted molar refractivity (Wildman–Crippen MR) is 136 cm³/mol. The lowest BCUT2D eigenvalue weighted by atomic mass is 10.0. The summed E-state index contributed by atoms with van der Waals surface area (Å²) in [4.78, 5) is 41.7. The minimum atomic E-state index is -0.742. The Balaban J connectivity index is 1.07. The van der Waals surface area contributed by atoms with Crippen LogP contribution in [0.5, 0.6) is 5.75 Å². The number of aromatic nitrogens is 2. The maximum atomic E-state index is 12.9. The quantitative estimate of drug-likeness (QED) is 0.468. The molecule has 2 N–H and O–H groups in total. The molecule has 0 spiro atoms. The van der Waals surface area contributed by atoms with Gasteiger partial charge in [0.05, 0.1) is 18.6 Å². The second-order valence-corrected chi connectivity index (χ2v) is 10.0. The van der Waals surface area contributed by atoms with Crippen LogP contribution >= 0.6 is 0 Å². The molecule has 3 aliphatic heterocycles. The molecule has 3 saturated heterocycles. The van der Waals surface area contributed by atoms with E-state index in [9.17, 15) is 14.4 Å². The molecular weight excluding hydrogens is 474 g/mol. The summed E-state index contributed by atoms with van der Waals surface area (Å²) >= 11 is 0. The fourth-order valence-corrected chi connectivity index (χ4v) is 5.40. The summed E-state index contributed by atoms with van der Waals surface area (Å²) in [5.74, 6) is -0.246. The molecule has 10 nitrogen and oxygen atoms in total. The van der Waals surface area contributed by atoms with Crippen LogP contribution in [0.25, 0.3) is 10.9 Å². The highest BCUT2D eigenvalue weighted by Crippen LogP contribution is 2.26. The van der Waals surface area contributed by atoms with Crippen molar-refractivity contribution in [3.8, 4) is 5.75 Å². The van der Waals surface area contributed by atoms with Gasteiger partial charge >= 0.3 is 0 Å². The predicted octanol–water partition coefficient (Wildman–Crippen LogP) is 1.40. The zero-order valence-corrected chi connectivity index (χ0v) is 20.7. The first-order chi connectivity index (χ1) is 18.0. The fourth-order valence-electron chi connectivity index (χ4n) is 5.40. The van der Waals surface area contributed by atoms with Gasteiger partial charge in [0.2, 0.25) is 5.91 Å². The Morgan fingerprint density at radius 3 is 2.49 bits per heavy atom. The van der Waals surface area contributed by atoms with Crippen molar-refractivity contribution in [3.63, 3.8) is 0 Å². The number of benzene rings is 2. The van der Waals surface area contributed by atoms with Gasteiger partial charge < -0.3 is 9.47 Å². The summed E-state index contributed by atoms with van der Waals surface area (Å²) in [5, 5.41) is 5.80. The number of amides is 2.